The monoisotopic (exact) mass is 382 g/mol. The van der Waals surface area contributed by atoms with E-state index in [0.717, 1.165) is 0 Å². The highest BCUT2D eigenvalue weighted by Gasteiger charge is 2.41. The molecule has 27 heavy (non-hydrogen) atoms. The summed E-state index contributed by atoms with van der Waals surface area (Å²) in [6.45, 7) is 13.2. The molecule has 7 heteroatoms. The van der Waals surface area contributed by atoms with E-state index >= 15 is 0 Å². The molecule has 7 nitrogen and oxygen atoms in total. The fourth-order valence-corrected chi connectivity index (χ4v) is 3.00. The Morgan fingerprint density at radius 3 is 2.22 bits per heavy atom. The van der Waals surface area contributed by atoms with Gasteiger partial charge in [0.25, 0.3) is 11.8 Å². The highest BCUT2D eigenvalue weighted by atomic mass is 16.6. The van der Waals surface area contributed by atoms with Crippen LogP contribution in [0.15, 0.2) is 11.8 Å². The van der Waals surface area contributed by atoms with Crippen LogP contribution in [0.3, 0.4) is 0 Å². The molecule has 0 aromatic rings. The Morgan fingerprint density at radius 2 is 1.78 bits per heavy atom. The van der Waals surface area contributed by atoms with Crippen LogP contribution >= 0.6 is 0 Å². The van der Waals surface area contributed by atoms with Crippen LogP contribution in [0, 0.1) is 11.8 Å². The van der Waals surface area contributed by atoms with Crippen molar-refractivity contribution in [2.24, 2.45) is 11.8 Å². The predicted molar refractivity (Wildman–Crippen MR) is 103 cm³/mol. The maximum Gasteiger partial charge on any atom is 0.408 e. The Bertz CT molecular complexity index is 590. The van der Waals surface area contributed by atoms with Gasteiger partial charge >= 0.3 is 6.09 Å². The molecule has 0 unspecified atom stereocenters. The molecule has 0 saturated heterocycles. The number of hydrogen-bond acceptors (Lipinski definition) is 5. The lowest BCUT2D eigenvalue weighted by molar-refractivity contribution is -0.145. The van der Waals surface area contributed by atoms with E-state index in [0.29, 0.717) is 18.6 Å². The summed E-state index contributed by atoms with van der Waals surface area (Å²) in [4.78, 5) is 39.1. The topological polar surface area (TPSA) is 84.9 Å². The lowest BCUT2D eigenvalue weighted by Gasteiger charge is -2.31. The van der Waals surface area contributed by atoms with E-state index in [9.17, 15) is 14.4 Å². The van der Waals surface area contributed by atoms with Crippen molar-refractivity contribution >= 4 is 17.9 Å². The molecular weight excluding hydrogens is 348 g/mol. The van der Waals surface area contributed by atoms with Crippen LogP contribution in [0.25, 0.3) is 0 Å². The summed E-state index contributed by atoms with van der Waals surface area (Å²) in [6, 6.07) is -1.30. The van der Waals surface area contributed by atoms with Gasteiger partial charge in [0.05, 0.1) is 13.2 Å². The number of alkyl carbamates (subject to hydrolysis) is 1. The first-order valence-electron chi connectivity index (χ1n) is 9.47. The van der Waals surface area contributed by atoms with E-state index in [-0.39, 0.29) is 11.8 Å². The van der Waals surface area contributed by atoms with Gasteiger partial charge in [-0.3, -0.25) is 14.5 Å². The van der Waals surface area contributed by atoms with Gasteiger partial charge in [0.1, 0.15) is 17.4 Å². The molecular formula is C20H34N2O5. The van der Waals surface area contributed by atoms with Crippen molar-refractivity contribution in [3.05, 3.63) is 11.8 Å². The number of carbonyl (C=O) groups excluding carboxylic acids is 3. The van der Waals surface area contributed by atoms with Gasteiger partial charge in [0.15, 0.2) is 0 Å². The van der Waals surface area contributed by atoms with Crippen molar-refractivity contribution in [2.75, 3.05) is 7.11 Å². The van der Waals surface area contributed by atoms with Crippen LogP contribution in [0.5, 0.6) is 0 Å². The van der Waals surface area contributed by atoms with Crippen molar-refractivity contribution in [3.63, 3.8) is 0 Å². The first-order valence-corrected chi connectivity index (χ1v) is 9.47. The third-order valence-corrected chi connectivity index (χ3v) is 4.01. The second-order valence-electron chi connectivity index (χ2n) is 8.77. The van der Waals surface area contributed by atoms with Gasteiger partial charge in [0.2, 0.25) is 0 Å². The molecule has 3 amide bonds. The summed E-state index contributed by atoms with van der Waals surface area (Å²) in [6.07, 6.45) is 1.68. The molecule has 1 aliphatic rings. The Hall–Kier alpha value is -2.05. The predicted octanol–water partition coefficient (Wildman–Crippen LogP) is 3.24. The number of ether oxygens (including phenoxy) is 2. The normalized spacial score (nSPS) is 18.6. The van der Waals surface area contributed by atoms with Crippen LogP contribution in [-0.4, -0.2) is 47.6 Å². The Kier molecular flexibility index (Phi) is 7.87. The van der Waals surface area contributed by atoms with Crippen LogP contribution in [-0.2, 0) is 19.1 Å². The van der Waals surface area contributed by atoms with Gasteiger partial charge in [-0.25, -0.2) is 4.79 Å². The quantitative estimate of drug-likeness (QED) is 0.731. The fraction of sp³-hybridized carbons (Fsp3) is 0.750. The molecule has 1 aliphatic heterocycles. The van der Waals surface area contributed by atoms with E-state index in [4.69, 9.17) is 9.47 Å². The van der Waals surface area contributed by atoms with Crippen LogP contribution in [0.4, 0.5) is 4.79 Å². The maximum atomic E-state index is 13.2. The highest BCUT2D eigenvalue weighted by molar-refractivity contribution is 6.06. The minimum absolute atomic E-state index is 0.144. The first-order chi connectivity index (χ1) is 12.4. The standard InChI is InChI=1S/C20H34N2O5/c1-12(2)9-14(21-19(25)27-20(5,6)7)18(24)22-15(10-13(3)4)16(26-8)11-17(22)23/h11-15H,9-10H2,1-8H3,(H,21,25)/t14-,15+/m1/s1. The average Bonchev–Trinajstić information content (AvgIpc) is 2.78. The van der Waals surface area contributed by atoms with Crippen molar-refractivity contribution in [3.8, 4) is 0 Å². The summed E-state index contributed by atoms with van der Waals surface area (Å²) < 4.78 is 10.6. The summed E-state index contributed by atoms with van der Waals surface area (Å²) in [5.74, 6) is 0.0282. The summed E-state index contributed by atoms with van der Waals surface area (Å²) >= 11 is 0. The Labute approximate surface area is 162 Å². The average molecular weight is 383 g/mol. The molecule has 0 spiro atoms. The zero-order chi connectivity index (χ0) is 20.9. The zero-order valence-electron chi connectivity index (χ0n) is 17.8. The third kappa shape index (κ3) is 6.88. The molecule has 1 heterocycles. The van der Waals surface area contributed by atoms with Gasteiger partial charge in [-0.05, 0) is 45.4 Å². The second kappa shape index (κ2) is 9.24. The lowest BCUT2D eigenvalue weighted by Crippen LogP contribution is -2.53. The van der Waals surface area contributed by atoms with Crippen molar-refractivity contribution in [1.82, 2.24) is 10.2 Å². The molecule has 154 valence electrons. The van der Waals surface area contributed by atoms with Crippen molar-refractivity contribution in [2.45, 2.75) is 79.0 Å². The largest absolute Gasteiger partial charge is 0.499 e. The number of nitrogens with zero attached hydrogens (tertiary/aromatic N) is 1. The van der Waals surface area contributed by atoms with Gasteiger partial charge in [-0.2, -0.15) is 0 Å². The van der Waals surface area contributed by atoms with E-state index in [1.807, 2.05) is 27.7 Å². The van der Waals surface area contributed by atoms with E-state index in [2.05, 4.69) is 5.32 Å². The van der Waals surface area contributed by atoms with Crippen LogP contribution in [0.1, 0.15) is 61.3 Å². The number of carbonyl (C=O) groups is 3. The van der Waals surface area contributed by atoms with Crippen molar-refractivity contribution < 1.29 is 23.9 Å². The molecule has 0 aromatic heterocycles. The smallest absolute Gasteiger partial charge is 0.408 e. The van der Waals surface area contributed by atoms with E-state index in [1.165, 1.54) is 18.1 Å². The number of imide groups is 1. The zero-order valence-corrected chi connectivity index (χ0v) is 17.8. The molecule has 0 aromatic carbocycles. The van der Waals surface area contributed by atoms with Gasteiger partial charge in [-0.15, -0.1) is 0 Å². The number of amides is 3. The van der Waals surface area contributed by atoms with Crippen molar-refractivity contribution in [1.29, 1.82) is 0 Å². The van der Waals surface area contributed by atoms with Gasteiger partial charge in [-0.1, -0.05) is 27.7 Å². The molecule has 0 radical (unpaired) electrons. The van der Waals surface area contributed by atoms with Crippen LogP contribution in [0.2, 0.25) is 0 Å². The molecule has 0 fully saturated rings. The number of hydrogen-bond donors (Lipinski definition) is 1. The fourth-order valence-electron chi connectivity index (χ4n) is 3.00. The lowest BCUT2D eigenvalue weighted by atomic mass is 9.99. The number of rotatable bonds is 7. The first kappa shape index (κ1) is 23.0. The summed E-state index contributed by atoms with van der Waals surface area (Å²) in [5, 5.41) is 2.64. The number of methoxy groups -OCH3 is 1. The van der Waals surface area contributed by atoms with E-state index in [1.54, 1.807) is 20.8 Å². The molecule has 0 aliphatic carbocycles. The Balaban J connectivity index is 3.05. The SMILES string of the molecule is COC1=CC(=O)N(C(=O)[C@@H](CC(C)C)NC(=O)OC(C)(C)C)[C@H]1CC(C)C. The molecule has 1 N–H and O–H groups in total. The molecule has 0 saturated carbocycles. The summed E-state index contributed by atoms with van der Waals surface area (Å²) in [7, 11) is 1.49. The maximum absolute atomic E-state index is 13.2. The second-order valence-corrected chi connectivity index (χ2v) is 8.77. The highest BCUT2D eigenvalue weighted by Crippen LogP contribution is 2.27. The number of nitrogens with one attached hydrogen (secondary N) is 1. The van der Waals surface area contributed by atoms with Gasteiger partial charge < -0.3 is 14.8 Å². The minimum Gasteiger partial charge on any atom is -0.499 e. The molecule has 0 bridgehead atoms. The molecule has 1 rings (SSSR count). The van der Waals surface area contributed by atoms with E-state index < -0.39 is 35.6 Å². The van der Waals surface area contributed by atoms with Crippen LogP contribution < -0.4 is 5.32 Å². The minimum atomic E-state index is -0.844. The van der Waals surface area contributed by atoms with Gasteiger partial charge in [0, 0.05) is 6.08 Å². The summed E-state index contributed by atoms with van der Waals surface area (Å²) in [5.41, 5.74) is -0.677. The molecule has 2 atom stereocenters. The third-order valence-electron chi connectivity index (χ3n) is 4.01. The Morgan fingerprint density at radius 1 is 1.19 bits per heavy atom.